The van der Waals surface area contributed by atoms with Crippen molar-refractivity contribution in [1.29, 1.82) is 0 Å². The molecule has 0 atom stereocenters. The van der Waals surface area contributed by atoms with Gasteiger partial charge in [-0.05, 0) is 9.52 Å². The minimum atomic E-state index is -2.12. The van der Waals surface area contributed by atoms with Crippen molar-refractivity contribution in [3.8, 4) is 0 Å². The van der Waals surface area contributed by atoms with Gasteiger partial charge in [0.25, 0.3) is 5.91 Å². The molecule has 0 bridgehead atoms. The first-order valence-electron chi connectivity index (χ1n) is 3.30. The van der Waals surface area contributed by atoms with E-state index in [0.29, 0.717) is 0 Å². The Morgan fingerprint density at radius 1 is 1.58 bits per heavy atom. The van der Waals surface area contributed by atoms with Crippen molar-refractivity contribution in [3.05, 3.63) is 18.7 Å². The molecular weight excluding hydrogens is 176 g/mol. The van der Waals surface area contributed by atoms with E-state index in [9.17, 15) is 9.00 Å². The molecule has 0 aliphatic heterocycles. The van der Waals surface area contributed by atoms with Gasteiger partial charge in [-0.3, -0.25) is 13.6 Å². The van der Waals surface area contributed by atoms with Crippen LogP contribution in [0.2, 0.25) is 0 Å². The Balaban J connectivity index is 2.97. The van der Waals surface area contributed by atoms with Gasteiger partial charge in [-0.1, -0.05) is 0 Å². The largest absolute Gasteiger partial charge is 0.272 e. The first-order valence-corrected chi connectivity index (χ1v) is 5.74. The van der Waals surface area contributed by atoms with Crippen LogP contribution < -0.4 is 0 Å². The minimum Gasteiger partial charge on any atom is -0.272 e. The molecule has 0 aliphatic rings. The van der Waals surface area contributed by atoms with E-state index >= 15 is 0 Å². The maximum Gasteiger partial charge on any atom is 0.263 e. The van der Waals surface area contributed by atoms with E-state index in [2.05, 4.69) is 4.98 Å². The molecule has 0 amide bonds. The van der Waals surface area contributed by atoms with E-state index < -0.39 is 9.52 Å². The first kappa shape index (κ1) is 8.99. The summed E-state index contributed by atoms with van der Waals surface area (Å²) in [5.74, 6) is -0.303. The fourth-order valence-corrected chi connectivity index (χ4v) is 1.30. The number of aromatic nitrogens is 2. The molecule has 0 saturated carbocycles. The van der Waals surface area contributed by atoms with E-state index in [1.54, 1.807) is 0 Å². The van der Waals surface area contributed by atoms with Gasteiger partial charge in [-0.15, -0.1) is 0 Å². The number of carbonyl (C=O) groups excluding carboxylic acids is 1. The molecule has 0 spiro atoms. The van der Waals surface area contributed by atoms with Gasteiger partial charge in [0.2, 0.25) is 0 Å². The third kappa shape index (κ3) is 2.50. The molecule has 5 heteroatoms. The van der Waals surface area contributed by atoms with Crippen molar-refractivity contribution in [3.63, 3.8) is 0 Å². The van der Waals surface area contributed by atoms with Crippen LogP contribution in [0, 0.1) is 0 Å². The van der Waals surface area contributed by atoms with Crippen LogP contribution in [0.5, 0.6) is 0 Å². The molecule has 1 rings (SSSR count). The second kappa shape index (κ2) is 3.10. The molecule has 0 radical (unpaired) electrons. The van der Waals surface area contributed by atoms with E-state index in [-0.39, 0.29) is 5.91 Å². The zero-order chi connectivity index (χ0) is 9.19. The lowest BCUT2D eigenvalue weighted by Gasteiger charge is -1.95. The summed E-state index contributed by atoms with van der Waals surface area (Å²) in [6.45, 7) is 0. The van der Waals surface area contributed by atoms with Gasteiger partial charge in [-0.25, -0.2) is 4.98 Å². The van der Waals surface area contributed by atoms with Crippen molar-refractivity contribution in [2.75, 3.05) is 12.5 Å². The minimum absolute atomic E-state index is 0.303. The molecule has 0 aliphatic carbocycles. The average molecular weight is 186 g/mol. The molecule has 1 aromatic rings. The quantitative estimate of drug-likeness (QED) is 0.574. The second-order valence-corrected chi connectivity index (χ2v) is 5.59. The van der Waals surface area contributed by atoms with Gasteiger partial charge >= 0.3 is 0 Å². The van der Waals surface area contributed by atoms with Crippen LogP contribution >= 0.6 is 0 Å². The maximum absolute atomic E-state index is 11.2. The zero-order valence-electron chi connectivity index (χ0n) is 6.93. The lowest BCUT2D eigenvalue weighted by atomic mass is 10.7. The Morgan fingerprint density at radius 3 is 2.67 bits per heavy atom. The molecule has 0 fully saturated rings. The van der Waals surface area contributed by atoms with E-state index in [0.717, 1.165) is 0 Å². The Morgan fingerprint density at radius 2 is 2.25 bits per heavy atom. The molecule has 0 N–H and O–H groups in total. The summed E-state index contributed by atoms with van der Waals surface area (Å²) in [6, 6.07) is 0. The van der Waals surface area contributed by atoms with Crippen LogP contribution in [0.4, 0.5) is 0 Å². The Hall–Kier alpha value is -1.10. The summed E-state index contributed by atoms with van der Waals surface area (Å²) in [4.78, 5) is 14.9. The second-order valence-electron chi connectivity index (χ2n) is 2.74. The normalized spacial score (nSPS) is 11.2. The SMILES string of the molecule is CS(C)(=O)=CC(=O)n1ccnc1. The van der Waals surface area contributed by atoms with Crippen LogP contribution in [0.3, 0.4) is 0 Å². The van der Waals surface area contributed by atoms with Crippen molar-refractivity contribution >= 4 is 20.8 Å². The molecule has 0 saturated heterocycles. The standard InChI is InChI=1S/C7H10N2O2S/c1-12(2,11)5-7(10)9-4-3-8-6-9/h3-6H,1-2H3. The van der Waals surface area contributed by atoms with Gasteiger partial charge in [-0.2, -0.15) is 0 Å². The summed E-state index contributed by atoms with van der Waals surface area (Å²) in [7, 11) is -2.12. The average Bonchev–Trinajstić information content (AvgIpc) is 2.32. The Labute approximate surface area is 71.2 Å². The number of hydrogen-bond acceptors (Lipinski definition) is 3. The van der Waals surface area contributed by atoms with Crippen LogP contribution in [0.1, 0.15) is 4.79 Å². The number of nitrogens with zero attached hydrogens (tertiary/aromatic N) is 2. The van der Waals surface area contributed by atoms with Crippen molar-refractivity contribution in [2.24, 2.45) is 0 Å². The molecule has 1 heterocycles. The summed E-state index contributed by atoms with van der Waals surface area (Å²) in [5, 5.41) is 1.20. The molecular formula is C7H10N2O2S. The number of imidazole rings is 1. The third-order valence-electron chi connectivity index (χ3n) is 1.14. The highest BCUT2D eigenvalue weighted by Crippen LogP contribution is 1.85. The third-order valence-corrected chi connectivity index (χ3v) is 1.91. The fourth-order valence-electron chi connectivity index (χ4n) is 0.693. The highest BCUT2D eigenvalue weighted by Gasteiger charge is 2.00. The van der Waals surface area contributed by atoms with Gasteiger partial charge in [0.1, 0.15) is 6.33 Å². The maximum atomic E-state index is 11.2. The number of carbonyl (C=O) groups is 1. The highest BCUT2D eigenvalue weighted by atomic mass is 32.2. The van der Waals surface area contributed by atoms with Gasteiger partial charge < -0.3 is 0 Å². The van der Waals surface area contributed by atoms with Crippen molar-refractivity contribution < 1.29 is 9.00 Å². The van der Waals surface area contributed by atoms with E-state index in [1.165, 1.54) is 41.2 Å². The monoisotopic (exact) mass is 186 g/mol. The molecule has 0 unspecified atom stereocenters. The number of hydrogen-bond donors (Lipinski definition) is 0. The molecule has 66 valence electrons. The lowest BCUT2D eigenvalue weighted by molar-refractivity contribution is 0.0997. The van der Waals surface area contributed by atoms with Crippen molar-refractivity contribution in [1.82, 2.24) is 9.55 Å². The molecule has 4 nitrogen and oxygen atoms in total. The van der Waals surface area contributed by atoms with E-state index in [1.807, 2.05) is 0 Å². The zero-order valence-corrected chi connectivity index (χ0v) is 7.75. The smallest absolute Gasteiger partial charge is 0.263 e. The lowest BCUT2D eigenvalue weighted by Crippen LogP contribution is -2.14. The van der Waals surface area contributed by atoms with Crippen molar-refractivity contribution in [2.45, 2.75) is 0 Å². The highest BCUT2D eigenvalue weighted by molar-refractivity contribution is 8.01. The molecule has 12 heavy (non-hydrogen) atoms. The van der Waals surface area contributed by atoms with E-state index in [4.69, 9.17) is 0 Å². The summed E-state index contributed by atoms with van der Waals surface area (Å²) >= 11 is 0. The predicted octanol–water partition coefficient (Wildman–Crippen LogP) is -0.131. The summed E-state index contributed by atoms with van der Waals surface area (Å²) in [6.07, 6.45) is 7.43. The number of rotatable bonds is 1. The predicted molar refractivity (Wildman–Crippen MR) is 48.9 cm³/mol. The summed E-state index contributed by atoms with van der Waals surface area (Å²) in [5.41, 5.74) is 0. The van der Waals surface area contributed by atoms with Crippen LogP contribution in [-0.4, -0.2) is 37.5 Å². The van der Waals surface area contributed by atoms with Gasteiger partial charge in [0.15, 0.2) is 0 Å². The first-order chi connectivity index (χ1) is 5.49. The summed E-state index contributed by atoms with van der Waals surface area (Å²) < 4.78 is 12.5. The van der Waals surface area contributed by atoms with Crippen LogP contribution in [-0.2, 0) is 9.52 Å². The van der Waals surface area contributed by atoms with Gasteiger partial charge in [0.05, 0.1) is 5.37 Å². The van der Waals surface area contributed by atoms with Crippen LogP contribution in [0.15, 0.2) is 18.7 Å². The van der Waals surface area contributed by atoms with Gasteiger partial charge in [0, 0.05) is 24.9 Å². The topological polar surface area (TPSA) is 52.0 Å². The van der Waals surface area contributed by atoms with Crippen LogP contribution in [0.25, 0.3) is 0 Å². The fraction of sp³-hybridized carbons (Fsp3) is 0.286. The Kier molecular flexibility index (Phi) is 2.32. The molecule has 1 aromatic heterocycles. The Bertz CT molecular complexity index is 378. The molecule has 0 aromatic carbocycles.